The van der Waals surface area contributed by atoms with Crippen molar-refractivity contribution in [3.05, 3.63) is 23.4 Å². The Morgan fingerprint density at radius 1 is 1.13 bits per heavy atom. The summed E-state index contributed by atoms with van der Waals surface area (Å²) in [7, 11) is 0. The lowest BCUT2D eigenvalue weighted by atomic mass is 10.2. The molecule has 0 aliphatic heterocycles. The molecule has 0 atom stereocenters. The van der Waals surface area contributed by atoms with Gasteiger partial charge in [0.15, 0.2) is 0 Å². The molecule has 0 aromatic carbocycles. The largest absolute Gasteiger partial charge is 0.388 e. The van der Waals surface area contributed by atoms with E-state index in [9.17, 15) is 0 Å². The first-order chi connectivity index (χ1) is 7.06. The van der Waals surface area contributed by atoms with E-state index >= 15 is 0 Å². The Morgan fingerprint density at radius 2 is 1.67 bits per heavy atom. The van der Waals surface area contributed by atoms with Gasteiger partial charge in [0.25, 0.3) is 0 Å². The first-order valence-electron chi connectivity index (χ1n) is 6.14. The summed E-state index contributed by atoms with van der Waals surface area (Å²) in [5, 5.41) is 3.38. The van der Waals surface area contributed by atoms with E-state index in [2.05, 4.69) is 52.1 Å². The molecule has 0 saturated carbocycles. The van der Waals surface area contributed by atoms with E-state index in [0.29, 0.717) is 5.92 Å². The molecular formula is C14H29N. The second-order valence-corrected chi connectivity index (χ2v) is 3.99. The summed E-state index contributed by atoms with van der Waals surface area (Å²) < 4.78 is 0. The van der Waals surface area contributed by atoms with Crippen LogP contribution in [0.4, 0.5) is 0 Å². The summed E-state index contributed by atoms with van der Waals surface area (Å²) in [6.45, 7) is 15.9. The summed E-state index contributed by atoms with van der Waals surface area (Å²) in [6, 6.07) is 0. The molecule has 0 rings (SSSR count). The Bertz CT molecular complexity index is 188. The molecule has 0 heterocycles. The van der Waals surface area contributed by atoms with Crippen molar-refractivity contribution < 1.29 is 0 Å². The highest BCUT2D eigenvalue weighted by atomic mass is 14.9. The molecule has 0 saturated heterocycles. The average Bonchev–Trinajstić information content (AvgIpc) is 2.25. The summed E-state index contributed by atoms with van der Waals surface area (Å²) in [5.74, 6) is 0.708. The summed E-state index contributed by atoms with van der Waals surface area (Å²) in [5.41, 5.74) is 2.67. The molecule has 1 nitrogen and oxygen atoms in total. The first-order valence-corrected chi connectivity index (χ1v) is 6.14. The molecule has 0 unspecified atom stereocenters. The fraction of sp³-hybridized carbons (Fsp3) is 0.714. The van der Waals surface area contributed by atoms with E-state index in [1.165, 1.54) is 11.3 Å². The zero-order valence-corrected chi connectivity index (χ0v) is 11.6. The predicted octanol–water partition coefficient (Wildman–Crippen LogP) is 4.52. The average molecular weight is 211 g/mol. The van der Waals surface area contributed by atoms with Gasteiger partial charge >= 0.3 is 0 Å². The van der Waals surface area contributed by atoms with Crippen LogP contribution in [0, 0.1) is 5.92 Å². The molecule has 15 heavy (non-hydrogen) atoms. The van der Waals surface area contributed by atoms with Gasteiger partial charge in [-0.05, 0) is 32.3 Å². The van der Waals surface area contributed by atoms with Gasteiger partial charge in [-0.25, -0.2) is 0 Å². The number of allylic oxidation sites excluding steroid dienone is 4. The van der Waals surface area contributed by atoms with Gasteiger partial charge in [0, 0.05) is 12.2 Å². The van der Waals surface area contributed by atoms with Crippen LogP contribution in [0.15, 0.2) is 23.4 Å². The van der Waals surface area contributed by atoms with Crippen LogP contribution in [0.25, 0.3) is 0 Å². The molecule has 0 bridgehead atoms. The van der Waals surface area contributed by atoms with E-state index in [-0.39, 0.29) is 0 Å². The van der Waals surface area contributed by atoms with Crippen LogP contribution in [-0.2, 0) is 0 Å². The van der Waals surface area contributed by atoms with Crippen LogP contribution in [-0.4, -0.2) is 6.54 Å². The van der Waals surface area contributed by atoms with Gasteiger partial charge in [-0.15, -0.1) is 0 Å². The molecular weight excluding hydrogens is 182 g/mol. The lowest BCUT2D eigenvalue weighted by molar-refractivity contribution is 0.596. The Hall–Kier alpha value is -0.720. The highest BCUT2D eigenvalue weighted by molar-refractivity contribution is 5.14. The molecule has 0 aromatic rings. The van der Waals surface area contributed by atoms with Gasteiger partial charge in [0.05, 0.1) is 0 Å². The summed E-state index contributed by atoms with van der Waals surface area (Å²) in [4.78, 5) is 0. The third-order valence-corrected chi connectivity index (χ3v) is 1.96. The lowest BCUT2D eigenvalue weighted by Gasteiger charge is -2.08. The first kappa shape index (κ1) is 16.7. The normalized spacial score (nSPS) is 12.3. The van der Waals surface area contributed by atoms with Crippen LogP contribution >= 0.6 is 0 Å². The number of nitrogens with one attached hydrogen (secondary N) is 1. The SMILES string of the molecule is CC.CC/C(C)=C\C=C(/C)NCC(C)C. The van der Waals surface area contributed by atoms with Crippen LogP contribution < -0.4 is 5.32 Å². The van der Waals surface area contributed by atoms with Crippen molar-refractivity contribution in [1.82, 2.24) is 5.32 Å². The minimum Gasteiger partial charge on any atom is -0.388 e. The van der Waals surface area contributed by atoms with Crippen molar-refractivity contribution in [2.45, 2.75) is 54.9 Å². The molecule has 90 valence electrons. The van der Waals surface area contributed by atoms with Crippen molar-refractivity contribution in [2.75, 3.05) is 6.54 Å². The second kappa shape index (κ2) is 11.4. The van der Waals surface area contributed by atoms with Crippen molar-refractivity contribution in [1.29, 1.82) is 0 Å². The fourth-order valence-corrected chi connectivity index (χ4v) is 0.809. The van der Waals surface area contributed by atoms with E-state index in [1.54, 1.807) is 0 Å². The van der Waals surface area contributed by atoms with E-state index in [1.807, 2.05) is 13.8 Å². The maximum absolute atomic E-state index is 3.38. The fourth-order valence-electron chi connectivity index (χ4n) is 0.809. The highest BCUT2D eigenvalue weighted by Gasteiger charge is 1.91. The molecule has 0 fully saturated rings. The van der Waals surface area contributed by atoms with Gasteiger partial charge in [0.1, 0.15) is 0 Å². The molecule has 1 heteroatoms. The Kier molecular flexibility index (Phi) is 12.6. The monoisotopic (exact) mass is 211 g/mol. The van der Waals surface area contributed by atoms with Crippen molar-refractivity contribution in [2.24, 2.45) is 5.92 Å². The molecule has 0 aliphatic carbocycles. The zero-order valence-electron chi connectivity index (χ0n) is 11.6. The number of hydrogen-bond acceptors (Lipinski definition) is 1. The third-order valence-electron chi connectivity index (χ3n) is 1.96. The standard InChI is InChI=1S/C12H23N.C2H6/c1-6-11(4)7-8-12(5)13-9-10(2)3;1-2/h7-8,10,13H,6,9H2,1-5H3;1-2H3/b11-7-,12-8+;. The highest BCUT2D eigenvalue weighted by Crippen LogP contribution is 2.00. The maximum Gasteiger partial charge on any atom is 0.0166 e. The van der Waals surface area contributed by atoms with Crippen molar-refractivity contribution >= 4 is 0 Å². The van der Waals surface area contributed by atoms with Crippen molar-refractivity contribution in [3.8, 4) is 0 Å². The predicted molar refractivity (Wildman–Crippen MR) is 72.0 cm³/mol. The van der Waals surface area contributed by atoms with Gasteiger partial charge in [0.2, 0.25) is 0 Å². The van der Waals surface area contributed by atoms with Crippen LogP contribution in [0.1, 0.15) is 54.9 Å². The maximum atomic E-state index is 3.38. The molecule has 0 aliphatic rings. The van der Waals surface area contributed by atoms with E-state index in [4.69, 9.17) is 0 Å². The van der Waals surface area contributed by atoms with Crippen LogP contribution in [0.5, 0.6) is 0 Å². The smallest absolute Gasteiger partial charge is 0.0166 e. The lowest BCUT2D eigenvalue weighted by Crippen LogP contribution is -2.17. The minimum absolute atomic E-state index is 0.708. The Labute approximate surface area is 96.7 Å². The van der Waals surface area contributed by atoms with Crippen LogP contribution in [0.3, 0.4) is 0 Å². The number of hydrogen-bond donors (Lipinski definition) is 1. The number of rotatable bonds is 5. The Morgan fingerprint density at radius 3 is 2.07 bits per heavy atom. The van der Waals surface area contributed by atoms with Gasteiger partial charge in [-0.2, -0.15) is 0 Å². The quantitative estimate of drug-likeness (QED) is 0.659. The molecule has 0 amide bonds. The van der Waals surface area contributed by atoms with Crippen LogP contribution in [0.2, 0.25) is 0 Å². The summed E-state index contributed by atoms with van der Waals surface area (Å²) >= 11 is 0. The van der Waals surface area contributed by atoms with E-state index < -0.39 is 0 Å². The molecule has 0 radical (unpaired) electrons. The van der Waals surface area contributed by atoms with Crippen molar-refractivity contribution in [3.63, 3.8) is 0 Å². The summed E-state index contributed by atoms with van der Waals surface area (Å²) in [6.07, 6.45) is 5.47. The molecule has 0 spiro atoms. The Balaban J connectivity index is 0. The molecule has 0 aromatic heterocycles. The zero-order chi connectivity index (χ0) is 12.3. The van der Waals surface area contributed by atoms with Gasteiger partial charge in [-0.3, -0.25) is 0 Å². The van der Waals surface area contributed by atoms with Gasteiger partial charge < -0.3 is 5.32 Å². The molecule has 1 N–H and O–H groups in total. The van der Waals surface area contributed by atoms with E-state index in [0.717, 1.165) is 13.0 Å². The third kappa shape index (κ3) is 13.3. The second-order valence-electron chi connectivity index (χ2n) is 3.99. The minimum atomic E-state index is 0.708. The topological polar surface area (TPSA) is 12.0 Å². The van der Waals surface area contributed by atoms with Gasteiger partial charge in [-0.1, -0.05) is 46.3 Å².